The first kappa shape index (κ1) is 19.7. The third kappa shape index (κ3) is 0.969. The summed E-state index contributed by atoms with van der Waals surface area (Å²) in [6.45, 7) is 0. The Labute approximate surface area is 132 Å². The molecule has 0 aromatic heterocycles. The molecule has 0 atom stereocenters. The Morgan fingerprint density at radius 2 is 0.462 bits per heavy atom. The van der Waals surface area contributed by atoms with E-state index in [1.807, 2.05) is 0 Å². The van der Waals surface area contributed by atoms with Gasteiger partial charge in [0.25, 0.3) is 16.8 Å². The molecule has 0 aromatic rings. The molecular weight excluding hydrogens is 415 g/mol. The van der Waals surface area contributed by atoms with E-state index >= 15 is 0 Å². The highest BCUT2D eigenvalue weighted by Crippen LogP contribution is 2.86. The maximum atomic E-state index is 14.3. The Bertz CT molecular complexity index is 518. The van der Waals surface area contributed by atoms with Gasteiger partial charge < -0.3 is 15.3 Å². The molecule has 0 spiro atoms. The van der Waals surface area contributed by atoms with E-state index in [2.05, 4.69) is 0 Å². The van der Waals surface area contributed by atoms with Gasteiger partial charge in [0.15, 0.2) is 0 Å². The molecular formula is C10H3F13O3. The molecule has 0 aliphatic heterocycles. The van der Waals surface area contributed by atoms with E-state index in [0.717, 1.165) is 0 Å². The fourth-order valence-corrected chi connectivity index (χ4v) is 3.90. The summed E-state index contributed by atoms with van der Waals surface area (Å²) in [5.74, 6) is -44.8. The summed E-state index contributed by atoms with van der Waals surface area (Å²) in [5, 5.41) is 27.2. The zero-order valence-corrected chi connectivity index (χ0v) is 11.3. The summed E-state index contributed by atoms with van der Waals surface area (Å²) in [4.78, 5) is 0. The van der Waals surface area contributed by atoms with Gasteiger partial charge in [-0.1, -0.05) is 0 Å². The molecule has 4 bridgehead atoms. The van der Waals surface area contributed by atoms with Gasteiger partial charge >= 0.3 is 41.2 Å². The van der Waals surface area contributed by atoms with Crippen molar-refractivity contribution in [2.24, 2.45) is 0 Å². The summed E-state index contributed by atoms with van der Waals surface area (Å²) in [7, 11) is 0. The monoisotopic (exact) mass is 418 g/mol. The van der Waals surface area contributed by atoms with Gasteiger partial charge in [0.05, 0.1) is 0 Å². The maximum Gasteiger partial charge on any atom is 0.334 e. The highest BCUT2D eigenvalue weighted by atomic mass is 19.3. The predicted octanol–water partition coefficient (Wildman–Crippen LogP) is 1.74. The smallest absolute Gasteiger partial charge is 0.334 e. The molecule has 0 heterocycles. The lowest BCUT2D eigenvalue weighted by molar-refractivity contribution is -0.632. The van der Waals surface area contributed by atoms with Crippen molar-refractivity contribution in [2.45, 2.75) is 58.0 Å². The van der Waals surface area contributed by atoms with Crippen LogP contribution in [0.1, 0.15) is 0 Å². The zero-order chi connectivity index (χ0) is 21.0. The van der Waals surface area contributed by atoms with Crippen LogP contribution in [0.4, 0.5) is 57.1 Å². The maximum absolute atomic E-state index is 14.3. The molecule has 0 amide bonds. The van der Waals surface area contributed by atoms with Crippen LogP contribution in [0.2, 0.25) is 0 Å². The van der Waals surface area contributed by atoms with Crippen LogP contribution in [0.5, 0.6) is 0 Å². The number of hydrogen-bond donors (Lipinski definition) is 3. The molecule has 4 aliphatic rings. The molecule has 4 fully saturated rings. The summed E-state index contributed by atoms with van der Waals surface area (Å²) < 4.78 is 181. The van der Waals surface area contributed by atoms with E-state index in [4.69, 9.17) is 15.3 Å². The summed E-state index contributed by atoms with van der Waals surface area (Å²) >= 11 is 0. The van der Waals surface area contributed by atoms with Gasteiger partial charge in [-0.05, 0) is 0 Å². The topological polar surface area (TPSA) is 60.7 Å². The predicted molar refractivity (Wildman–Crippen MR) is 48.4 cm³/mol. The first-order valence-corrected chi connectivity index (χ1v) is 6.13. The van der Waals surface area contributed by atoms with E-state index in [1.54, 1.807) is 0 Å². The fraction of sp³-hybridized carbons (Fsp3) is 1.00. The Morgan fingerprint density at radius 3 is 0.615 bits per heavy atom. The average Bonchev–Trinajstić information content (AvgIpc) is 2.46. The highest BCUT2D eigenvalue weighted by molar-refractivity contribution is 5.53. The fourth-order valence-electron chi connectivity index (χ4n) is 3.90. The molecule has 0 unspecified atom stereocenters. The Kier molecular flexibility index (Phi) is 2.76. The van der Waals surface area contributed by atoms with Gasteiger partial charge in [-0.3, -0.25) is 0 Å². The van der Waals surface area contributed by atoms with Crippen LogP contribution in [0.3, 0.4) is 0 Å². The third-order valence-electron chi connectivity index (χ3n) is 5.39. The van der Waals surface area contributed by atoms with Crippen LogP contribution in [0.15, 0.2) is 0 Å². The molecule has 0 aromatic carbocycles. The van der Waals surface area contributed by atoms with Gasteiger partial charge in [0.1, 0.15) is 0 Å². The Morgan fingerprint density at radius 1 is 0.308 bits per heavy atom. The van der Waals surface area contributed by atoms with Gasteiger partial charge in [-0.2, -0.15) is 52.7 Å². The van der Waals surface area contributed by atoms with E-state index in [-0.39, 0.29) is 0 Å². The van der Waals surface area contributed by atoms with Crippen LogP contribution < -0.4 is 0 Å². The van der Waals surface area contributed by atoms with Gasteiger partial charge in [-0.15, -0.1) is 0 Å². The second-order valence-electron chi connectivity index (χ2n) is 6.24. The van der Waals surface area contributed by atoms with Crippen molar-refractivity contribution in [3.05, 3.63) is 0 Å². The van der Waals surface area contributed by atoms with Crippen molar-refractivity contribution in [3.8, 4) is 0 Å². The lowest BCUT2D eigenvalue weighted by Gasteiger charge is -2.75. The molecule has 0 saturated heterocycles. The van der Waals surface area contributed by atoms with Crippen molar-refractivity contribution in [3.63, 3.8) is 0 Å². The Hall–Kier alpha value is -1.03. The summed E-state index contributed by atoms with van der Waals surface area (Å²) in [6.07, 6.45) is 0. The van der Waals surface area contributed by atoms with Gasteiger partial charge in [-0.25, -0.2) is 4.39 Å². The van der Waals surface area contributed by atoms with E-state index in [1.165, 1.54) is 0 Å². The first-order chi connectivity index (χ1) is 11.0. The van der Waals surface area contributed by atoms with E-state index in [0.29, 0.717) is 0 Å². The van der Waals surface area contributed by atoms with E-state index < -0.39 is 58.0 Å². The van der Waals surface area contributed by atoms with Crippen molar-refractivity contribution in [1.82, 2.24) is 0 Å². The largest absolute Gasteiger partial charge is 0.373 e. The second kappa shape index (κ2) is 3.64. The third-order valence-corrected chi connectivity index (χ3v) is 5.39. The van der Waals surface area contributed by atoms with Crippen molar-refractivity contribution in [1.29, 1.82) is 0 Å². The normalized spacial score (nSPS) is 53.5. The molecule has 0 radical (unpaired) electrons. The standard InChI is InChI=1S/C10H3F13O3/c11-1-5(12,13)2(24)8(18,19)3(25,6(1,14)15)10(22,23)4(26,7(1,16)17)9(2,20)21/h24-26H. The minimum absolute atomic E-state index is 7.07. The zero-order valence-electron chi connectivity index (χ0n) is 11.3. The van der Waals surface area contributed by atoms with E-state index in [9.17, 15) is 57.1 Å². The van der Waals surface area contributed by atoms with Crippen LogP contribution in [-0.4, -0.2) is 73.3 Å². The molecule has 3 nitrogen and oxygen atoms in total. The second-order valence-corrected chi connectivity index (χ2v) is 6.24. The lowest BCUT2D eigenvalue weighted by atomic mass is 9.39. The molecule has 152 valence electrons. The molecule has 3 N–H and O–H groups in total. The van der Waals surface area contributed by atoms with Crippen LogP contribution in [0, 0.1) is 0 Å². The number of alkyl halides is 13. The van der Waals surface area contributed by atoms with Crippen molar-refractivity contribution in [2.75, 3.05) is 0 Å². The quantitative estimate of drug-likeness (QED) is 0.526. The van der Waals surface area contributed by atoms with Crippen molar-refractivity contribution < 1.29 is 72.4 Å². The van der Waals surface area contributed by atoms with Crippen molar-refractivity contribution >= 4 is 0 Å². The molecule has 4 saturated carbocycles. The molecule has 26 heavy (non-hydrogen) atoms. The van der Waals surface area contributed by atoms with Crippen LogP contribution >= 0.6 is 0 Å². The average molecular weight is 418 g/mol. The first-order valence-electron chi connectivity index (χ1n) is 6.13. The van der Waals surface area contributed by atoms with Crippen LogP contribution in [0.25, 0.3) is 0 Å². The number of aliphatic hydroxyl groups is 3. The SMILES string of the molecule is OC12C(F)(F)C3(O)C(F)(F)C(O)(C1(F)F)C(F)(F)C(F)(C2(F)F)C3(F)F. The summed E-state index contributed by atoms with van der Waals surface area (Å²) in [5.41, 5.74) is -28.7. The highest BCUT2D eigenvalue weighted by Gasteiger charge is 3.21. The molecule has 16 heteroatoms. The minimum Gasteiger partial charge on any atom is -0.373 e. The summed E-state index contributed by atoms with van der Waals surface area (Å²) in [6, 6.07) is 0. The number of hydrogen-bond acceptors (Lipinski definition) is 3. The minimum atomic E-state index is -7.53. The number of rotatable bonds is 0. The Balaban J connectivity index is 2.71. The molecule has 4 aliphatic carbocycles. The molecule has 4 rings (SSSR count). The van der Waals surface area contributed by atoms with Crippen LogP contribution in [-0.2, 0) is 0 Å². The number of halogens is 13. The van der Waals surface area contributed by atoms with Gasteiger partial charge in [0.2, 0.25) is 0 Å². The van der Waals surface area contributed by atoms with Gasteiger partial charge in [0, 0.05) is 0 Å². The lowest BCUT2D eigenvalue weighted by Crippen LogP contribution is -3.11.